The topological polar surface area (TPSA) is 108 Å². The van der Waals surface area contributed by atoms with E-state index in [1.165, 1.54) is 29.2 Å². The lowest BCUT2D eigenvalue weighted by Crippen LogP contribution is -2.55. The zero-order valence-corrected chi connectivity index (χ0v) is 25.8. The lowest BCUT2D eigenvalue weighted by molar-refractivity contribution is -0.142. The molecule has 12 heteroatoms. The van der Waals surface area contributed by atoms with Gasteiger partial charge in [-0.15, -0.1) is 0 Å². The molecule has 2 heterocycles. The molecule has 3 aromatic carbocycles. The van der Waals surface area contributed by atoms with Crippen LogP contribution in [0.5, 0.6) is 5.75 Å². The van der Waals surface area contributed by atoms with Gasteiger partial charge in [0.1, 0.15) is 34.8 Å². The van der Waals surface area contributed by atoms with Crippen LogP contribution in [0.25, 0.3) is 0 Å². The summed E-state index contributed by atoms with van der Waals surface area (Å²) in [5.74, 6) is -1.20. The first-order valence-corrected chi connectivity index (χ1v) is 16.6. The van der Waals surface area contributed by atoms with Gasteiger partial charge in [0.15, 0.2) is 9.84 Å². The summed E-state index contributed by atoms with van der Waals surface area (Å²) in [6.45, 7) is 0.147. The van der Waals surface area contributed by atoms with Crippen LogP contribution in [0.4, 0.5) is 8.78 Å². The van der Waals surface area contributed by atoms with Gasteiger partial charge in [-0.2, -0.15) is 5.26 Å². The molecular formula is C33H30ClF2N3O5S. The standard InChI is InChI=1S/C33H30ClF2N3O5S/c34-27-3-1-4-28(36)25(27)20-44-23-8-11-26-21(19-23)5-13-30-33(26,45(42,43)24-9-6-22(35)7-10-24)15-18-39(30)32(41)29-12-14-31(40)38(29)17-2-16-37/h1,3-4,6-11,19,29-30H,2,5,12-15,17-18,20H2/t29-,30+,33+/m0/s1. The molecule has 2 aliphatic heterocycles. The van der Waals surface area contributed by atoms with Gasteiger partial charge in [0.25, 0.3) is 0 Å². The Labute approximate surface area is 265 Å². The van der Waals surface area contributed by atoms with Gasteiger partial charge in [-0.1, -0.05) is 23.7 Å². The van der Waals surface area contributed by atoms with Crippen molar-refractivity contribution in [3.63, 3.8) is 0 Å². The first-order chi connectivity index (χ1) is 21.6. The molecule has 0 radical (unpaired) electrons. The molecule has 0 N–H and O–H groups in total. The van der Waals surface area contributed by atoms with Crippen LogP contribution >= 0.6 is 11.6 Å². The number of fused-ring (bicyclic) bond motifs is 3. The molecule has 3 atom stereocenters. The molecule has 0 aromatic heterocycles. The second-order valence-electron chi connectivity index (χ2n) is 11.5. The van der Waals surface area contributed by atoms with E-state index in [1.54, 1.807) is 29.2 Å². The molecular weight excluding hydrogens is 624 g/mol. The molecule has 3 aromatic rings. The maximum atomic E-state index is 14.6. The summed E-state index contributed by atoms with van der Waals surface area (Å²) < 4.78 is 61.8. The summed E-state index contributed by atoms with van der Waals surface area (Å²) in [7, 11) is -4.19. The predicted molar refractivity (Wildman–Crippen MR) is 161 cm³/mol. The maximum absolute atomic E-state index is 14.6. The number of hydrogen-bond donors (Lipinski definition) is 0. The Morgan fingerprint density at radius 2 is 1.87 bits per heavy atom. The van der Waals surface area contributed by atoms with E-state index in [0.29, 0.717) is 30.6 Å². The molecule has 0 saturated carbocycles. The molecule has 0 unspecified atom stereocenters. The van der Waals surface area contributed by atoms with E-state index in [1.807, 2.05) is 6.07 Å². The van der Waals surface area contributed by atoms with Crippen LogP contribution in [0, 0.1) is 23.0 Å². The van der Waals surface area contributed by atoms with Gasteiger partial charge in [-0.25, -0.2) is 17.2 Å². The van der Waals surface area contributed by atoms with E-state index in [-0.39, 0.29) is 66.3 Å². The van der Waals surface area contributed by atoms with Gasteiger partial charge in [-0.05, 0) is 85.3 Å². The second-order valence-corrected chi connectivity index (χ2v) is 14.2. The van der Waals surface area contributed by atoms with Crippen LogP contribution in [0.2, 0.25) is 5.02 Å². The Balaban J connectivity index is 1.38. The first-order valence-electron chi connectivity index (χ1n) is 14.7. The Kier molecular flexibility index (Phi) is 8.31. The Hall–Kier alpha value is -4.01. The first kappa shape index (κ1) is 31.0. The summed E-state index contributed by atoms with van der Waals surface area (Å²) in [6, 6.07) is 14.6. The number of hydrogen-bond acceptors (Lipinski definition) is 6. The fourth-order valence-electron chi connectivity index (χ4n) is 7.14. The normalized spacial score (nSPS) is 22.6. The van der Waals surface area contributed by atoms with Gasteiger partial charge < -0.3 is 14.5 Å². The molecule has 1 aliphatic carbocycles. The third kappa shape index (κ3) is 5.24. The van der Waals surface area contributed by atoms with E-state index < -0.39 is 38.3 Å². The number of sulfone groups is 1. The molecule has 45 heavy (non-hydrogen) atoms. The highest BCUT2D eigenvalue weighted by atomic mass is 35.5. The number of benzene rings is 3. The van der Waals surface area contributed by atoms with Crippen LogP contribution < -0.4 is 4.74 Å². The molecule has 234 valence electrons. The fourth-order valence-corrected chi connectivity index (χ4v) is 9.72. The van der Waals surface area contributed by atoms with E-state index in [0.717, 1.165) is 17.7 Å². The zero-order chi connectivity index (χ0) is 31.9. The number of carbonyl (C=O) groups is 2. The average molecular weight is 654 g/mol. The minimum absolute atomic E-state index is 0.0581. The van der Waals surface area contributed by atoms with Gasteiger partial charge in [-0.3, -0.25) is 9.59 Å². The number of nitriles is 1. The summed E-state index contributed by atoms with van der Waals surface area (Å²) in [6.07, 6.45) is 1.42. The molecule has 6 rings (SSSR count). The molecule has 0 bridgehead atoms. The predicted octanol–water partition coefficient (Wildman–Crippen LogP) is 5.32. The number of amides is 2. The second kappa shape index (κ2) is 12.1. The van der Waals surface area contributed by atoms with Gasteiger partial charge >= 0.3 is 0 Å². The maximum Gasteiger partial charge on any atom is 0.245 e. The molecule has 2 fully saturated rings. The largest absolute Gasteiger partial charge is 0.489 e. The Bertz CT molecular complexity index is 1790. The van der Waals surface area contributed by atoms with Crippen LogP contribution in [0.3, 0.4) is 0 Å². The van der Waals surface area contributed by atoms with Crippen molar-refractivity contribution in [2.75, 3.05) is 13.1 Å². The summed E-state index contributed by atoms with van der Waals surface area (Å²) >= 11 is 6.16. The number of aryl methyl sites for hydroxylation is 1. The highest BCUT2D eigenvalue weighted by molar-refractivity contribution is 7.92. The van der Waals surface area contributed by atoms with Crippen molar-refractivity contribution >= 4 is 33.3 Å². The smallest absolute Gasteiger partial charge is 0.245 e. The minimum atomic E-state index is -4.19. The highest BCUT2D eigenvalue weighted by Gasteiger charge is 2.61. The fraction of sp³-hybridized carbons (Fsp3) is 0.364. The molecule has 0 spiro atoms. The van der Waals surface area contributed by atoms with Crippen molar-refractivity contribution in [1.82, 2.24) is 9.80 Å². The number of halogens is 3. The number of ether oxygens (including phenoxy) is 1. The monoisotopic (exact) mass is 653 g/mol. The van der Waals surface area contributed by atoms with Crippen molar-refractivity contribution in [2.24, 2.45) is 0 Å². The lowest BCUT2D eigenvalue weighted by atomic mass is 9.78. The Morgan fingerprint density at radius 1 is 1.09 bits per heavy atom. The lowest BCUT2D eigenvalue weighted by Gasteiger charge is -2.43. The van der Waals surface area contributed by atoms with E-state index in [9.17, 15) is 26.8 Å². The summed E-state index contributed by atoms with van der Waals surface area (Å²) in [5.41, 5.74) is 1.44. The van der Waals surface area contributed by atoms with Crippen LogP contribution in [0.1, 0.15) is 48.8 Å². The summed E-state index contributed by atoms with van der Waals surface area (Å²) in [4.78, 5) is 29.6. The number of carbonyl (C=O) groups excluding carboxylic acids is 2. The van der Waals surface area contributed by atoms with Gasteiger partial charge in [0, 0.05) is 25.1 Å². The Morgan fingerprint density at radius 3 is 2.60 bits per heavy atom. The van der Waals surface area contributed by atoms with Crippen molar-refractivity contribution < 1.29 is 31.5 Å². The van der Waals surface area contributed by atoms with Crippen molar-refractivity contribution in [3.05, 3.63) is 94.0 Å². The third-order valence-electron chi connectivity index (χ3n) is 9.27. The molecule has 3 aliphatic rings. The van der Waals surface area contributed by atoms with Crippen molar-refractivity contribution in [2.45, 2.75) is 66.9 Å². The van der Waals surface area contributed by atoms with Gasteiger partial charge in [0.05, 0.1) is 28.5 Å². The number of rotatable bonds is 8. The zero-order valence-electron chi connectivity index (χ0n) is 24.2. The van der Waals surface area contributed by atoms with E-state index in [2.05, 4.69) is 0 Å². The number of likely N-dealkylation sites (tertiary alicyclic amines) is 2. The van der Waals surface area contributed by atoms with Crippen LogP contribution in [-0.4, -0.2) is 55.2 Å². The van der Waals surface area contributed by atoms with Crippen molar-refractivity contribution in [1.29, 1.82) is 5.26 Å². The molecule has 8 nitrogen and oxygen atoms in total. The SMILES string of the molecule is N#CCCN1C(=O)CC[C@H]1C(=O)N1CC[C@@]2(S(=O)(=O)c3ccc(F)cc3)c3ccc(OCc4c(F)cccc4Cl)cc3CC[C@@H]12. The quantitative estimate of drug-likeness (QED) is 0.305. The summed E-state index contributed by atoms with van der Waals surface area (Å²) in [5, 5.41) is 9.30. The third-order valence-corrected chi connectivity index (χ3v) is 12.2. The van der Waals surface area contributed by atoms with Crippen LogP contribution in [-0.2, 0) is 37.2 Å². The minimum Gasteiger partial charge on any atom is -0.489 e. The van der Waals surface area contributed by atoms with Crippen molar-refractivity contribution in [3.8, 4) is 11.8 Å². The van der Waals surface area contributed by atoms with E-state index in [4.69, 9.17) is 21.6 Å². The molecule has 2 amide bonds. The van der Waals surface area contributed by atoms with E-state index >= 15 is 0 Å². The van der Waals surface area contributed by atoms with Gasteiger partial charge in [0.2, 0.25) is 11.8 Å². The number of nitrogens with zero attached hydrogens (tertiary/aromatic N) is 3. The molecule has 2 saturated heterocycles. The highest BCUT2D eigenvalue weighted by Crippen LogP contribution is 2.53. The average Bonchev–Trinajstić information content (AvgIpc) is 3.61. The van der Waals surface area contributed by atoms with Crippen LogP contribution in [0.15, 0.2) is 65.6 Å².